The van der Waals surface area contributed by atoms with Crippen molar-refractivity contribution >= 4 is 17.4 Å². The predicted molar refractivity (Wildman–Crippen MR) is 101 cm³/mol. The second-order valence-corrected chi connectivity index (χ2v) is 6.30. The lowest BCUT2D eigenvalue weighted by molar-refractivity contribution is -0.137. The van der Waals surface area contributed by atoms with Gasteiger partial charge in [0.2, 0.25) is 0 Å². The van der Waals surface area contributed by atoms with Crippen LogP contribution in [0.5, 0.6) is 0 Å². The maximum atomic E-state index is 12.8. The highest BCUT2D eigenvalue weighted by Crippen LogP contribution is 2.31. The van der Waals surface area contributed by atoms with E-state index in [0.29, 0.717) is 12.1 Å². The Hall–Kier alpha value is -3.35. The average molecular weight is 385 g/mol. The number of anilines is 2. The molecule has 1 amide bonds. The van der Waals surface area contributed by atoms with Crippen molar-refractivity contribution < 1.29 is 18.0 Å². The number of nitrogens with one attached hydrogen (secondary N) is 2. The summed E-state index contributed by atoms with van der Waals surface area (Å²) in [6, 6.07) is 15.6. The number of amides is 1. The van der Waals surface area contributed by atoms with E-state index < -0.39 is 11.7 Å². The molecule has 0 unspecified atom stereocenters. The zero-order chi connectivity index (χ0) is 20.1. The van der Waals surface area contributed by atoms with Gasteiger partial charge in [0.05, 0.1) is 5.56 Å². The molecule has 0 fully saturated rings. The van der Waals surface area contributed by atoms with Crippen molar-refractivity contribution in [2.45, 2.75) is 19.6 Å². The van der Waals surface area contributed by atoms with E-state index in [2.05, 4.69) is 15.6 Å². The highest BCUT2D eigenvalue weighted by molar-refractivity contribution is 5.94. The van der Waals surface area contributed by atoms with E-state index in [-0.39, 0.29) is 17.4 Å². The van der Waals surface area contributed by atoms with E-state index in [1.807, 2.05) is 31.2 Å². The van der Waals surface area contributed by atoms with Gasteiger partial charge in [-0.2, -0.15) is 13.2 Å². The Kier molecular flexibility index (Phi) is 5.63. The van der Waals surface area contributed by atoms with E-state index in [0.717, 1.165) is 23.3 Å². The number of aryl methyl sites for hydroxylation is 1. The van der Waals surface area contributed by atoms with E-state index in [1.54, 1.807) is 6.07 Å². The molecule has 0 aliphatic rings. The van der Waals surface area contributed by atoms with Gasteiger partial charge >= 0.3 is 6.18 Å². The van der Waals surface area contributed by atoms with Crippen LogP contribution in [0.1, 0.15) is 27.0 Å². The van der Waals surface area contributed by atoms with Gasteiger partial charge in [-0.15, -0.1) is 0 Å². The van der Waals surface area contributed by atoms with E-state index >= 15 is 0 Å². The average Bonchev–Trinajstić information content (AvgIpc) is 2.67. The smallest absolute Gasteiger partial charge is 0.348 e. The number of alkyl halides is 3. The van der Waals surface area contributed by atoms with Gasteiger partial charge in [-0.25, -0.2) is 4.98 Å². The van der Waals surface area contributed by atoms with Gasteiger partial charge < -0.3 is 10.6 Å². The van der Waals surface area contributed by atoms with Crippen molar-refractivity contribution in [3.8, 4) is 0 Å². The van der Waals surface area contributed by atoms with Crippen LogP contribution in [0.2, 0.25) is 0 Å². The summed E-state index contributed by atoms with van der Waals surface area (Å²) in [5, 5.41) is 5.61. The number of benzene rings is 2. The molecule has 0 aliphatic heterocycles. The maximum absolute atomic E-state index is 12.8. The number of nitrogens with zero attached hydrogens (tertiary/aromatic N) is 1. The number of hydrogen-bond donors (Lipinski definition) is 2. The van der Waals surface area contributed by atoms with E-state index in [1.165, 1.54) is 24.4 Å². The van der Waals surface area contributed by atoms with Crippen molar-refractivity contribution in [3.63, 3.8) is 0 Å². The van der Waals surface area contributed by atoms with Gasteiger partial charge in [0, 0.05) is 24.0 Å². The first-order valence-corrected chi connectivity index (χ1v) is 8.55. The second kappa shape index (κ2) is 8.12. The third-order valence-electron chi connectivity index (χ3n) is 4.06. The Morgan fingerprint density at radius 2 is 1.79 bits per heavy atom. The number of aromatic nitrogens is 1. The van der Waals surface area contributed by atoms with Gasteiger partial charge in [0.15, 0.2) is 0 Å². The Labute approximate surface area is 160 Å². The molecule has 144 valence electrons. The minimum Gasteiger partial charge on any atom is -0.348 e. The van der Waals surface area contributed by atoms with Gasteiger partial charge in [-0.3, -0.25) is 4.79 Å². The molecule has 0 atom stereocenters. The molecular formula is C21H18F3N3O. The summed E-state index contributed by atoms with van der Waals surface area (Å²) < 4.78 is 38.5. The summed E-state index contributed by atoms with van der Waals surface area (Å²) in [5.41, 5.74) is 1.94. The number of pyridine rings is 1. The molecule has 1 heterocycles. The van der Waals surface area contributed by atoms with Crippen LogP contribution in [0.15, 0.2) is 66.9 Å². The monoisotopic (exact) mass is 385 g/mol. The highest BCUT2D eigenvalue weighted by atomic mass is 19.4. The molecule has 0 radical (unpaired) electrons. The Balaban J connectivity index is 1.68. The molecule has 3 rings (SSSR count). The lowest BCUT2D eigenvalue weighted by Gasteiger charge is -2.11. The molecule has 4 nitrogen and oxygen atoms in total. The lowest BCUT2D eigenvalue weighted by atomic mass is 10.1. The quantitative estimate of drug-likeness (QED) is 0.644. The van der Waals surface area contributed by atoms with Crippen LogP contribution in [-0.2, 0) is 12.7 Å². The van der Waals surface area contributed by atoms with Crippen LogP contribution in [-0.4, -0.2) is 10.9 Å². The van der Waals surface area contributed by atoms with Crippen molar-refractivity contribution in [1.29, 1.82) is 0 Å². The summed E-state index contributed by atoms with van der Waals surface area (Å²) in [4.78, 5) is 16.4. The van der Waals surface area contributed by atoms with Gasteiger partial charge in [0.1, 0.15) is 5.82 Å². The number of carbonyl (C=O) groups excluding carboxylic acids is 1. The standard InChI is InChI=1S/C21H18F3N3O/c1-14-5-7-15(8-6-14)13-26-20(28)16-9-10-25-19(11-16)27-18-4-2-3-17(12-18)21(22,23)24/h2-12H,13H2,1H3,(H,25,27)(H,26,28). The molecule has 0 spiro atoms. The van der Waals surface area contributed by atoms with Crippen molar-refractivity contribution in [2.75, 3.05) is 5.32 Å². The molecule has 7 heteroatoms. The molecule has 0 saturated carbocycles. The van der Waals surface area contributed by atoms with Crippen LogP contribution < -0.4 is 10.6 Å². The molecule has 0 saturated heterocycles. The predicted octanol–water partition coefficient (Wildman–Crippen LogP) is 5.08. The SMILES string of the molecule is Cc1ccc(CNC(=O)c2ccnc(Nc3cccc(C(F)(F)F)c3)c2)cc1. The van der Waals surface area contributed by atoms with E-state index in [9.17, 15) is 18.0 Å². The third kappa shape index (κ3) is 5.09. The minimum absolute atomic E-state index is 0.236. The fourth-order valence-corrected chi connectivity index (χ4v) is 2.55. The first kappa shape index (κ1) is 19.4. The fourth-order valence-electron chi connectivity index (χ4n) is 2.55. The van der Waals surface area contributed by atoms with Gasteiger partial charge in [-0.1, -0.05) is 35.9 Å². The Bertz CT molecular complexity index is 969. The normalized spacial score (nSPS) is 11.1. The van der Waals surface area contributed by atoms with Crippen LogP contribution in [0.4, 0.5) is 24.7 Å². The summed E-state index contributed by atoms with van der Waals surface area (Å²) in [6.07, 6.45) is -3.00. The summed E-state index contributed by atoms with van der Waals surface area (Å²) in [5.74, 6) is -0.0163. The molecular weight excluding hydrogens is 367 g/mol. The lowest BCUT2D eigenvalue weighted by Crippen LogP contribution is -2.22. The van der Waals surface area contributed by atoms with Crippen LogP contribution in [0, 0.1) is 6.92 Å². The first-order chi connectivity index (χ1) is 13.3. The minimum atomic E-state index is -4.43. The fraction of sp³-hybridized carbons (Fsp3) is 0.143. The van der Waals surface area contributed by atoms with Crippen molar-refractivity contribution in [3.05, 3.63) is 89.1 Å². The summed E-state index contributed by atoms with van der Waals surface area (Å²) >= 11 is 0. The molecule has 0 bridgehead atoms. The maximum Gasteiger partial charge on any atom is 0.416 e. The van der Waals surface area contributed by atoms with Crippen LogP contribution in [0.25, 0.3) is 0 Å². The molecule has 0 aliphatic carbocycles. The first-order valence-electron chi connectivity index (χ1n) is 8.55. The largest absolute Gasteiger partial charge is 0.416 e. The molecule has 1 aromatic heterocycles. The summed E-state index contributed by atoms with van der Waals surface area (Å²) in [7, 11) is 0. The zero-order valence-corrected chi connectivity index (χ0v) is 15.0. The number of rotatable bonds is 5. The molecule has 3 aromatic rings. The van der Waals surface area contributed by atoms with Crippen LogP contribution in [0.3, 0.4) is 0 Å². The third-order valence-corrected chi connectivity index (χ3v) is 4.06. The number of carbonyl (C=O) groups is 1. The molecule has 2 aromatic carbocycles. The zero-order valence-electron chi connectivity index (χ0n) is 15.0. The number of halogens is 3. The molecule has 2 N–H and O–H groups in total. The topological polar surface area (TPSA) is 54.0 Å². The van der Waals surface area contributed by atoms with Crippen molar-refractivity contribution in [1.82, 2.24) is 10.3 Å². The summed E-state index contributed by atoms with van der Waals surface area (Å²) in [6.45, 7) is 2.36. The Morgan fingerprint density at radius 3 is 2.50 bits per heavy atom. The van der Waals surface area contributed by atoms with E-state index in [4.69, 9.17) is 0 Å². The second-order valence-electron chi connectivity index (χ2n) is 6.30. The van der Waals surface area contributed by atoms with Crippen molar-refractivity contribution in [2.24, 2.45) is 0 Å². The number of hydrogen-bond acceptors (Lipinski definition) is 3. The highest BCUT2D eigenvalue weighted by Gasteiger charge is 2.30. The van der Waals surface area contributed by atoms with Crippen LogP contribution >= 0.6 is 0 Å². The van der Waals surface area contributed by atoms with Gasteiger partial charge in [0.25, 0.3) is 5.91 Å². The Morgan fingerprint density at radius 1 is 1.04 bits per heavy atom. The van der Waals surface area contributed by atoms with Gasteiger partial charge in [-0.05, 0) is 42.8 Å². The molecule has 28 heavy (non-hydrogen) atoms.